The molecule has 1 aliphatic rings. The van der Waals surface area contributed by atoms with Gasteiger partial charge in [-0.2, -0.15) is 9.57 Å². The fourth-order valence-electron chi connectivity index (χ4n) is 3.48. The van der Waals surface area contributed by atoms with Gasteiger partial charge in [0.25, 0.3) is 0 Å². The summed E-state index contributed by atoms with van der Waals surface area (Å²) in [6.45, 7) is 1.17. The fraction of sp³-hybridized carbons (Fsp3) is 0.381. The van der Waals surface area contributed by atoms with Crippen LogP contribution < -0.4 is 5.32 Å². The molecule has 0 bridgehead atoms. The van der Waals surface area contributed by atoms with Crippen molar-refractivity contribution in [1.82, 2.24) is 4.31 Å². The number of anilines is 1. The van der Waals surface area contributed by atoms with Gasteiger partial charge in [-0.1, -0.05) is 30.3 Å². The van der Waals surface area contributed by atoms with E-state index in [2.05, 4.69) is 11.4 Å². The summed E-state index contributed by atoms with van der Waals surface area (Å²) in [5, 5.41) is 12.6. The highest BCUT2D eigenvalue weighted by molar-refractivity contribution is 7.89. The average molecular weight is 400 g/mol. The molecule has 1 aliphatic heterocycles. The molecule has 0 aliphatic carbocycles. The Morgan fingerprint density at radius 1 is 1.25 bits per heavy atom. The van der Waals surface area contributed by atoms with Crippen LogP contribution in [0.2, 0.25) is 0 Å². The molecule has 0 aromatic heterocycles. The number of methoxy groups -OCH3 is 1. The molecular weight excluding hydrogens is 374 g/mol. The quantitative estimate of drug-likeness (QED) is 0.724. The van der Waals surface area contributed by atoms with Crippen LogP contribution in [0.25, 0.3) is 0 Å². The van der Waals surface area contributed by atoms with Gasteiger partial charge < -0.3 is 10.1 Å². The molecule has 1 atom stereocenters. The Balaban J connectivity index is 1.92. The third-order valence-electron chi connectivity index (χ3n) is 4.92. The van der Waals surface area contributed by atoms with Crippen LogP contribution in [0, 0.1) is 11.3 Å². The van der Waals surface area contributed by atoms with Crippen molar-refractivity contribution in [3.8, 4) is 6.07 Å². The maximum Gasteiger partial charge on any atom is 0.214 e. The Labute approximate surface area is 166 Å². The molecule has 7 heteroatoms. The van der Waals surface area contributed by atoms with E-state index in [9.17, 15) is 13.7 Å². The molecule has 1 heterocycles. The van der Waals surface area contributed by atoms with Gasteiger partial charge in [-0.3, -0.25) is 0 Å². The van der Waals surface area contributed by atoms with Crippen LogP contribution in [0.4, 0.5) is 5.69 Å². The molecule has 2 aromatic rings. The van der Waals surface area contributed by atoms with E-state index in [0.717, 1.165) is 16.8 Å². The first-order valence-electron chi connectivity index (χ1n) is 9.33. The highest BCUT2D eigenvalue weighted by Gasteiger charge is 2.32. The molecule has 148 valence electrons. The van der Waals surface area contributed by atoms with E-state index in [1.54, 1.807) is 23.5 Å². The lowest BCUT2D eigenvalue weighted by molar-refractivity contribution is 0.199. The molecule has 0 amide bonds. The van der Waals surface area contributed by atoms with Gasteiger partial charge in [0.05, 0.1) is 17.4 Å². The minimum absolute atomic E-state index is 0.0411. The third kappa shape index (κ3) is 4.90. The van der Waals surface area contributed by atoms with Crippen LogP contribution in [0.5, 0.6) is 0 Å². The smallest absolute Gasteiger partial charge is 0.214 e. The van der Waals surface area contributed by atoms with E-state index in [1.165, 1.54) is 0 Å². The number of fused-ring (bicyclic) bond motifs is 1. The second-order valence-electron chi connectivity index (χ2n) is 6.92. The second-order valence-corrected chi connectivity index (χ2v) is 8.96. The number of hydrogen-bond donors (Lipinski definition) is 1. The summed E-state index contributed by atoms with van der Waals surface area (Å²) in [6, 6.07) is 17.2. The second kappa shape index (κ2) is 9.20. The van der Waals surface area contributed by atoms with Crippen LogP contribution in [-0.4, -0.2) is 44.8 Å². The molecular formula is C21H25N3O3S. The van der Waals surface area contributed by atoms with Gasteiger partial charge in [0.1, 0.15) is 0 Å². The Morgan fingerprint density at radius 2 is 2.04 bits per heavy atom. The summed E-state index contributed by atoms with van der Waals surface area (Å²) < 4.78 is 32.9. The van der Waals surface area contributed by atoms with Gasteiger partial charge in [0, 0.05) is 38.5 Å². The van der Waals surface area contributed by atoms with Crippen molar-refractivity contribution in [2.45, 2.75) is 25.4 Å². The summed E-state index contributed by atoms with van der Waals surface area (Å²) in [5.74, 6) is 0.0411. The zero-order valence-corrected chi connectivity index (χ0v) is 16.8. The van der Waals surface area contributed by atoms with E-state index >= 15 is 0 Å². The molecule has 2 aromatic carbocycles. The van der Waals surface area contributed by atoms with Gasteiger partial charge in [-0.15, -0.1) is 0 Å². The topological polar surface area (TPSA) is 82.4 Å². The van der Waals surface area contributed by atoms with Crippen LogP contribution in [-0.2, 0) is 27.7 Å². The Kier molecular flexibility index (Phi) is 6.68. The summed E-state index contributed by atoms with van der Waals surface area (Å²) >= 11 is 0. The molecule has 0 saturated carbocycles. The summed E-state index contributed by atoms with van der Waals surface area (Å²) in [5.41, 5.74) is 3.32. The monoisotopic (exact) mass is 399 g/mol. The highest BCUT2D eigenvalue weighted by Crippen LogP contribution is 2.27. The van der Waals surface area contributed by atoms with Crippen LogP contribution in [0.3, 0.4) is 0 Å². The van der Waals surface area contributed by atoms with Crippen molar-refractivity contribution in [3.63, 3.8) is 0 Å². The maximum absolute atomic E-state index is 13.2. The van der Waals surface area contributed by atoms with E-state index in [1.807, 2.05) is 36.4 Å². The van der Waals surface area contributed by atoms with Crippen molar-refractivity contribution in [2.24, 2.45) is 0 Å². The highest BCUT2D eigenvalue weighted by atomic mass is 32.2. The molecule has 1 N–H and O–H groups in total. The van der Waals surface area contributed by atoms with Crippen LogP contribution in [0.1, 0.15) is 23.1 Å². The van der Waals surface area contributed by atoms with Crippen LogP contribution in [0.15, 0.2) is 48.5 Å². The van der Waals surface area contributed by atoms with Crippen molar-refractivity contribution in [1.29, 1.82) is 5.26 Å². The van der Waals surface area contributed by atoms with Gasteiger partial charge in [0.2, 0.25) is 10.0 Å². The summed E-state index contributed by atoms with van der Waals surface area (Å²) in [7, 11) is -1.91. The Morgan fingerprint density at radius 3 is 2.75 bits per heavy atom. The molecule has 0 radical (unpaired) electrons. The largest absolute Gasteiger partial charge is 0.385 e. The molecule has 0 fully saturated rings. The number of sulfonamides is 1. The number of nitrogens with zero attached hydrogens (tertiary/aromatic N) is 2. The first kappa shape index (κ1) is 20.3. The maximum atomic E-state index is 13.2. The normalized spacial score (nSPS) is 17.2. The average Bonchev–Trinajstić information content (AvgIpc) is 2.88. The number of benzene rings is 2. The van der Waals surface area contributed by atoms with E-state index < -0.39 is 10.0 Å². The number of ether oxygens (including phenoxy) is 1. The lowest BCUT2D eigenvalue weighted by atomic mass is 10.1. The number of hydrogen-bond acceptors (Lipinski definition) is 5. The molecule has 3 rings (SSSR count). The van der Waals surface area contributed by atoms with Gasteiger partial charge in [-0.25, -0.2) is 8.42 Å². The Hall–Kier alpha value is -2.40. The standard InChI is InChI=1S/C21H25N3O3S/c1-27-10-5-11-28(25,26)24-16-19-12-18(14-22)8-9-21(19)23-15-20(24)13-17-6-3-2-4-7-17/h2-4,6-9,12,20,23H,5,10-11,13,15-16H2,1H3/t20-/m1/s1. The van der Waals surface area contributed by atoms with Gasteiger partial charge in [-0.05, 0) is 42.2 Å². The van der Waals surface area contributed by atoms with Crippen molar-refractivity contribution >= 4 is 15.7 Å². The van der Waals surface area contributed by atoms with Gasteiger partial charge >= 0.3 is 0 Å². The molecule has 28 heavy (non-hydrogen) atoms. The molecule has 0 saturated heterocycles. The summed E-state index contributed by atoms with van der Waals surface area (Å²) in [4.78, 5) is 0. The predicted molar refractivity (Wildman–Crippen MR) is 109 cm³/mol. The zero-order valence-electron chi connectivity index (χ0n) is 16.0. The SMILES string of the molecule is COCCCS(=O)(=O)N1Cc2cc(C#N)ccc2NC[C@H]1Cc1ccccc1. The Bertz CT molecular complexity index is 939. The van der Waals surface area contributed by atoms with E-state index in [-0.39, 0.29) is 18.3 Å². The lowest BCUT2D eigenvalue weighted by Gasteiger charge is -2.29. The van der Waals surface area contributed by atoms with Crippen LogP contribution >= 0.6 is 0 Å². The van der Waals surface area contributed by atoms with Gasteiger partial charge in [0.15, 0.2) is 0 Å². The summed E-state index contributed by atoms with van der Waals surface area (Å²) in [6.07, 6.45) is 1.07. The van der Waals surface area contributed by atoms with E-state index in [4.69, 9.17) is 4.74 Å². The van der Waals surface area contributed by atoms with E-state index in [0.29, 0.717) is 31.6 Å². The number of nitrogens with one attached hydrogen (secondary N) is 1. The molecule has 0 spiro atoms. The number of rotatable bonds is 7. The molecule has 6 nitrogen and oxygen atoms in total. The predicted octanol–water partition coefficient (Wildman–Crippen LogP) is 2.76. The fourth-order valence-corrected chi connectivity index (χ4v) is 5.14. The zero-order chi connectivity index (χ0) is 20.0. The minimum Gasteiger partial charge on any atom is -0.385 e. The van der Waals surface area contributed by atoms with Crippen molar-refractivity contribution < 1.29 is 13.2 Å². The number of nitriles is 1. The van der Waals surface area contributed by atoms with Crippen molar-refractivity contribution in [3.05, 3.63) is 65.2 Å². The third-order valence-corrected chi connectivity index (χ3v) is 6.86. The minimum atomic E-state index is -3.48. The lowest BCUT2D eigenvalue weighted by Crippen LogP contribution is -2.44. The van der Waals surface area contributed by atoms with Crippen molar-refractivity contribution in [2.75, 3.05) is 31.3 Å². The molecule has 0 unspecified atom stereocenters. The first-order valence-corrected chi connectivity index (χ1v) is 10.9. The first-order chi connectivity index (χ1) is 13.5.